The van der Waals surface area contributed by atoms with Crippen LogP contribution in [0.3, 0.4) is 0 Å². The third-order valence-corrected chi connectivity index (χ3v) is 4.54. The lowest BCUT2D eigenvalue weighted by molar-refractivity contribution is -0.0354. The van der Waals surface area contributed by atoms with Crippen molar-refractivity contribution in [2.24, 2.45) is 11.8 Å². The summed E-state index contributed by atoms with van der Waals surface area (Å²) in [5, 5.41) is 33.1. The second-order valence-corrected chi connectivity index (χ2v) is 8.10. The monoisotopic (exact) mass is 377 g/mol. The Kier molecular flexibility index (Phi) is 7.41. The van der Waals surface area contributed by atoms with E-state index in [2.05, 4.69) is 5.32 Å². The smallest absolute Gasteiger partial charge is 0.408 e. The summed E-state index contributed by atoms with van der Waals surface area (Å²) in [6.45, 7) is 4.86. The highest BCUT2D eigenvalue weighted by Crippen LogP contribution is 2.41. The molecule has 0 radical (unpaired) electrons. The maximum Gasteiger partial charge on any atom is 0.408 e. The number of amides is 1. The zero-order chi connectivity index (χ0) is 20.0. The minimum atomic E-state index is -1.05. The van der Waals surface area contributed by atoms with Crippen molar-refractivity contribution in [1.29, 1.82) is 0 Å². The van der Waals surface area contributed by atoms with E-state index in [0.29, 0.717) is 0 Å². The topological polar surface area (TPSA) is 99.0 Å². The number of hydrogen-bond acceptors (Lipinski definition) is 5. The van der Waals surface area contributed by atoms with Crippen LogP contribution in [0, 0.1) is 11.8 Å². The number of rotatable bonds is 8. The Morgan fingerprint density at radius 3 is 2.41 bits per heavy atom. The van der Waals surface area contributed by atoms with Gasteiger partial charge in [-0.25, -0.2) is 4.79 Å². The fourth-order valence-electron chi connectivity index (χ4n) is 3.13. The molecule has 6 heteroatoms. The van der Waals surface area contributed by atoms with Gasteiger partial charge in [0.25, 0.3) is 0 Å². The van der Waals surface area contributed by atoms with E-state index in [1.807, 2.05) is 30.3 Å². The first kappa shape index (κ1) is 21.4. The Morgan fingerprint density at radius 1 is 1.26 bits per heavy atom. The summed E-state index contributed by atoms with van der Waals surface area (Å²) < 4.78 is 5.31. The lowest BCUT2D eigenvalue weighted by Gasteiger charge is -2.32. The molecule has 0 saturated heterocycles. The minimum absolute atomic E-state index is 0.134. The molecule has 4 N–H and O–H groups in total. The predicted octanol–water partition coefficient (Wildman–Crippen LogP) is 2.33. The van der Waals surface area contributed by atoms with Crippen LogP contribution in [0.15, 0.2) is 36.4 Å². The highest BCUT2D eigenvalue weighted by atomic mass is 16.6. The summed E-state index contributed by atoms with van der Waals surface area (Å²) in [4.78, 5) is 12.2. The number of alkyl carbamates (subject to hydrolysis) is 1. The first-order valence-electron chi connectivity index (χ1n) is 9.41. The fraction of sp³-hybridized carbons (Fsp3) is 0.571. The van der Waals surface area contributed by atoms with Crippen LogP contribution in [0.5, 0.6) is 0 Å². The standard InChI is InChI=1S/C21H31NO5/c1-21(2,3)27-20(26)22-16(12-9-14-7-5-4-6-8-14)19(25)18(15-10-11-15)17(24)13-23/h4-9,12,15-19,23-25H,10-11,13H2,1-3H3,(H,22,26)/b12-9+/t16-,17-,18-,19-/m1/s1. The highest BCUT2D eigenvalue weighted by molar-refractivity contribution is 5.69. The molecule has 0 spiro atoms. The summed E-state index contributed by atoms with van der Waals surface area (Å²) in [5.74, 6) is -0.384. The molecule has 0 aliphatic heterocycles. The van der Waals surface area contributed by atoms with Crippen LogP contribution in [-0.2, 0) is 4.74 Å². The molecule has 1 aliphatic carbocycles. The lowest BCUT2D eigenvalue weighted by atomic mass is 9.86. The number of ether oxygens (including phenoxy) is 1. The van der Waals surface area contributed by atoms with Gasteiger partial charge < -0.3 is 25.4 Å². The lowest BCUT2D eigenvalue weighted by Crippen LogP contribution is -2.50. The molecule has 1 aliphatic rings. The number of aliphatic hydroxyl groups is 3. The van der Waals surface area contributed by atoms with Gasteiger partial charge in [-0.2, -0.15) is 0 Å². The van der Waals surface area contributed by atoms with E-state index < -0.39 is 42.5 Å². The molecule has 1 saturated carbocycles. The van der Waals surface area contributed by atoms with Crippen molar-refractivity contribution in [3.8, 4) is 0 Å². The van der Waals surface area contributed by atoms with Crippen molar-refractivity contribution >= 4 is 12.2 Å². The Morgan fingerprint density at radius 2 is 1.89 bits per heavy atom. The molecule has 2 rings (SSSR count). The Balaban J connectivity index is 2.19. The average molecular weight is 377 g/mol. The first-order chi connectivity index (χ1) is 12.7. The average Bonchev–Trinajstić information content (AvgIpc) is 3.42. The van der Waals surface area contributed by atoms with Crippen LogP contribution >= 0.6 is 0 Å². The Hall–Kier alpha value is -1.89. The van der Waals surface area contributed by atoms with Gasteiger partial charge in [-0.1, -0.05) is 42.5 Å². The van der Waals surface area contributed by atoms with Crippen LogP contribution in [0.2, 0.25) is 0 Å². The Labute approximate surface area is 160 Å². The van der Waals surface area contributed by atoms with E-state index in [-0.39, 0.29) is 5.92 Å². The summed E-state index contributed by atoms with van der Waals surface area (Å²) in [7, 11) is 0. The van der Waals surface area contributed by atoms with Gasteiger partial charge in [-0.15, -0.1) is 0 Å². The minimum Gasteiger partial charge on any atom is -0.444 e. The second-order valence-electron chi connectivity index (χ2n) is 8.10. The largest absolute Gasteiger partial charge is 0.444 e. The van der Waals surface area contributed by atoms with Crippen molar-refractivity contribution < 1.29 is 24.9 Å². The molecule has 1 fully saturated rings. The number of hydrogen-bond donors (Lipinski definition) is 4. The molecule has 0 aromatic heterocycles. The van der Waals surface area contributed by atoms with Gasteiger partial charge in [0.2, 0.25) is 0 Å². The van der Waals surface area contributed by atoms with E-state index in [1.165, 1.54) is 0 Å². The molecule has 27 heavy (non-hydrogen) atoms. The normalized spacial score (nSPS) is 19.3. The molecule has 6 nitrogen and oxygen atoms in total. The molecule has 0 bridgehead atoms. The van der Waals surface area contributed by atoms with Crippen LogP contribution in [0.25, 0.3) is 6.08 Å². The number of carbonyl (C=O) groups excluding carboxylic acids is 1. The summed E-state index contributed by atoms with van der Waals surface area (Å²) >= 11 is 0. The number of carbonyl (C=O) groups is 1. The molecular weight excluding hydrogens is 346 g/mol. The maximum absolute atomic E-state index is 12.2. The van der Waals surface area contributed by atoms with Gasteiger partial charge in [0.15, 0.2) is 0 Å². The third kappa shape index (κ3) is 6.97. The third-order valence-electron chi connectivity index (χ3n) is 4.54. The maximum atomic E-state index is 12.2. The SMILES string of the molecule is CC(C)(C)OC(=O)N[C@H](/C=C/c1ccccc1)[C@@H](O)[C@H](C1CC1)[C@H](O)CO. The summed E-state index contributed by atoms with van der Waals surface area (Å²) in [6.07, 6.45) is 2.55. The van der Waals surface area contributed by atoms with Crippen LogP contribution in [0.1, 0.15) is 39.2 Å². The second kappa shape index (κ2) is 9.35. The molecule has 1 amide bonds. The molecule has 0 unspecified atom stereocenters. The molecule has 0 heterocycles. The van der Waals surface area contributed by atoms with Gasteiger partial charge in [0, 0.05) is 5.92 Å². The number of benzene rings is 1. The van der Waals surface area contributed by atoms with Crippen molar-refractivity contribution in [1.82, 2.24) is 5.32 Å². The van der Waals surface area contributed by atoms with Gasteiger partial charge in [0.1, 0.15) is 5.60 Å². The summed E-state index contributed by atoms with van der Waals surface area (Å²) in [5.41, 5.74) is 0.259. The highest BCUT2D eigenvalue weighted by Gasteiger charge is 2.43. The van der Waals surface area contributed by atoms with E-state index in [0.717, 1.165) is 18.4 Å². The van der Waals surface area contributed by atoms with Gasteiger partial charge in [-0.05, 0) is 45.1 Å². The Bertz CT molecular complexity index is 621. The molecule has 150 valence electrons. The van der Waals surface area contributed by atoms with Crippen LogP contribution < -0.4 is 5.32 Å². The molecular formula is C21H31NO5. The van der Waals surface area contributed by atoms with Crippen LogP contribution in [-0.4, -0.2) is 51.9 Å². The zero-order valence-electron chi connectivity index (χ0n) is 16.2. The van der Waals surface area contributed by atoms with E-state index in [9.17, 15) is 20.1 Å². The molecule has 4 atom stereocenters. The molecule has 1 aromatic carbocycles. The van der Waals surface area contributed by atoms with Gasteiger partial charge in [-0.3, -0.25) is 0 Å². The fourth-order valence-corrected chi connectivity index (χ4v) is 3.13. The first-order valence-corrected chi connectivity index (χ1v) is 9.41. The van der Waals surface area contributed by atoms with Crippen molar-refractivity contribution in [2.75, 3.05) is 6.61 Å². The number of aliphatic hydroxyl groups excluding tert-OH is 3. The van der Waals surface area contributed by atoms with Crippen molar-refractivity contribution in [3.05, 3.63) is 42.0 Å². The number of nitrogens with one attached hydrogen (secondary N) is 1. The van der Waals surface area contributed by atoms with E-state index >= 15 is 0 Å². The zero-order valence-corrected chi connectivity index (χ0v) is 16.2. The quantitative estimate of drug-likeness (QED) is 0.557. The summed E-state index contributed by atoms with van der Waals surface area (Å²) in [6, 6.07) is 8.77. The van der Waals surface area contributed by atoms with E-state index in [4.69, 9.17) is 4.74 Å². The van der Waals surface area contributed by atoms with Crippen molar-refractivity contribution in [3.63, 3.8) is 0 Å². The van der Waals surface area contributed by atoms with Crippen molar-refractivity contribution in [2.45, 2.75) is 57.5 Å². The van der Waals surface area contributed by atoms with Crippen LogP contribution in [0.4, 0.5) is 4.79 Å². The molecule has 1 aromatic rings. The van der Waals surface area contributed by atoms with E-state index in [1.54, 1.807) is 32.9 Å². The van der Waals surface area contributed by atoms with Gasteiger partial charge >= 0.3 is 6.09 Å². The predicted molar refractivity (Wildman–Crippen MR) is 104 cm³/mol. The van der Waals surface area contributed by atoms with Gasteiger partial charge in [0.05, 0.1) is 24.9 Å².